The molecule has 0 aromatic heterocycles. The van der Waals surface area contributed by atoms with Crippen LogP contribution in [0.4, 0.5) is 5.69 Å². The molecule has 5 nitrogen and oxygen atoms in total. The molecule has 1 saturated heterocycles. The van der Waals surface area contributed by atoms with Crippen molar-refractivity contribution in [1.82, 2.24) is 4.90 Å². The molecule has 1 aliphatic rings. The smallest absolute Gasteiger partial charge is 0.338 e. The average Bonchev–Trinajstić information content (AvgIpc) is 3.13. The molecular weight excluding hydrogens is 388 g/mol. The Kier molecular flexibility index (Phi) is 8.23. The van der Waals surface area contributed by atoms with E-state index in [0.29, 0.717) is 12.1 Å². The molecule has 1 amide bonds. The number of esters is 1. The molecule has 0 aliphatic carbocycles. The molecule has 156 valence electrons. The van der Waals surface area contributed by atoms with Gasteiger partial charge in [0.05, 0.1) is 11.6 Å². The van der Waals surface area contributed by atoms with E-state index in [1.807, 2.05) is 32.0 Å². The molecule has 1 atom stereocenters. The number of likely N-dealkylation sites (tertiary alicyclic amines) is 1. The highest BCUT2D eigenvalue weighted by atomic mass is 35.5. The minimum Gasteiger partial charge on any atom is -1.00 e. The van der Waals surface area contributed by atoms with Crippen LogP contribution in [-0.2, 0) is 9.53 Å². The molecule has 1 heterocycles. The number of nitrogens with zero attached hydrogens (tertiary/aromatic N) is 1. The van der Waals surface area contributed by atoms with Gasteiger partial charge in [0, 0.05) is 12.2 Å². The molecule has 6 heteroatoms. The minimum atomic E-state index is -0.327. The van der Waals surface area contributed by atoms with Gasteiger partial charge >= 0.3 is 5.97 Å². The van der Waals surface area contributed by atoms with Crippen LogP contribution in [0.2, 0.25) is 0 Å². The van der Waals surface area contributed by atoms with Crippen molar-refractivity contribution in [2.45, 2.75) is 39.7 Å². The topological polar surface area (TPSA) is 58.6 Å². The Bertz CT molecular complexity index is 831. The third kappa shape index (κ3) is 5.81. The van der Waals surface area contributed by atoms with E-state index in [-0.39, 0.29) is 36.9 Å². The van der Waals surface area contributed by atoms with Gasteiger partial charge in [-0.05, 0) is 63.4 Å². The van der Waals surface area contributed by atoms with E-state index in [9.17, 15) is 9.59 Å². The number of carbonyl (C=O) groups is 2. The zero-order chi connectivity index (χ0) is 20.1. The lowest BCUT2D eigenvalue weighted by Gasteiger charge is -2.24. The summed E-state index contributed by atoms with van der Waals surface area (Å²) in [7, 11) is 0. The van der Waals surface area contributed by atoms with Crippen molar-refractivity contribution < 1.29 is 26.7 Å². The van der Waals surface area contributed by atoms with Crippen molar-refractivity contribution in [3.63, 3.8) is 0 Å². The number of amides is 1. The van der Waals surface area contributed by atoms with E-state index >= 15 is 0 Å². The Morgan fingerprint density at radius 3 is 2.41 bits per heavy atom. The number of carbonyl (C=O) groups excluding carboxylic acids is 2. The second kappa shape index (κ2) is 10.4. The molecule has 1 N–H and O–H groups in total. The van der Waals surface area contributed by atoms with Crippen LogP contribution in [0.15, 0.2) is 42.5 Å². The van der Waals surface area contributed by atoms with Crippen LogP contribution in [0.1, 0.15) is 39.9 Å². The number of nitrogens with one attached hydrogen (secondary N) is 1. The van der Waals surface area contributed by atoms with E-state index in [1.54, 1.807) is 12.1 Å². The summed E-state index contributed by atoms with van der Waals surface area (Å²) in [5, 5.41) is 3.11. The number of anilines is 1. The molecule has 0 spiro atoms. The van der Waals surface area contributed by atoms with Crippen LogP contribution in [0.5, 0.6) is 0 Å². The number of ether oxygens (including phenoxy) is 1. The first-order valence-corrected chi connectivity index (χ1v) is 9.80. The lowest BCUT2D eigenvalue weighted by molar-refractivity contribution is -0.120. The van der Waals surface area contributed by atoms with Gasteiger partial charge in [-0.3, -0.25) is 9.69 Å². The molecule has 0 bridgehead atoms. The van der Waals surface area contributed by atoms with Crippen molar-refractivity contribution in [2.75, 3.05) is 25.0 Å². The normalized spacial score (nSPS) is 16.2. The van der Waals surface area contributed by atoms with Gasteiger partial charge in [0.15, 0.2) is 0 Å². The first-order valence-electron chi connectivity index (χ1n) is 9.80. The van der Waals surface area contributed by atoms with E-state index < -0.39 is 0 Å². The fourth-order valence-electron chi connectivity index (χ4n) is 3.89. The highest BCUT2D eigenvalue weighted by Crippen LogP contribution is 2.24. The SMILES string of the molecule is Cc1cc(C)c(NC(=O)C2CCCN2CCOC(=O)c2ccccc2)c(C)c1.[Cl-]. The molecule has 29 heavy (non-hydrogen) atoms. The fourth-order valence-corrected chi connectivity index (χ4v) is 3.89. The van der Waals surface area contributed by atoms with Crippen molar-refractivity contribution in [2.24, 2.45) is 0 Å². The fraction of sp³-hybridized carbons (Fsp3) is 0.391. The quantitative estimate of drug-likeness (QED) is 0.711. The summed E-state index contributed by atoms with van der Waals surface area (Å²) >= 11 is 0. The maximum Gasteiger partial charge on any atom is 0.338 e. The standard InChI is InChI=1S/C23H28N2O3.ClH/c1-16-14-17(2)21(18(3)15-16)24-22(26)20-10-7-11-25(20)12-13-28-23(27)19-8-5-4-6-9-19;/h4-6,8-9,14-15,20H,7,10-13H2,1-3H3,(H,24,26);1H/p-1. The van der Waals surface area contributed by atoms with Gasteiger partial charge in [0.1, 0.15) is 6.61 Å². The van der Waals surface area contributed by atoms with Crippen LogP contribution in [0.3, 0.4) is 0 Å². The number of aryl methyl sites for hydroxylation is 3. The predicted molar refractivity (Wildman–Crippen MR) is 111 cm³/mol. The molecule has 2 aromatic carbocycles. The third-order valence-electron chi connectivity index (χ3n) is 5.21. The van der Waals surface area contributed by atoms with Gasteiger partial charge in [-0.25, -0.2) is 4.79 Å². The number of hydrogen-bond donors (Lipinski definition) is 1. The van der Waals surface area contributed by atoms with Crippen LogP contribution in [0, 0.1) is 20.8 Å². The highest BCUT2D eigenvalue weighted by molar-refractivity contribution is 5.96. The third-order valence-corrected chi connectivity index (χ3v) is 5.21. The van der Waals surface area contributed by atoms with E-state index in [2.05, 4.69) is 29.3 Å². The molecule has 3 rings (SSSR count). The molecule has 2 aromatic rings. The van der Waals surface area contributed by atoms with Gasteiger partial charge in [0.2, 0.25) is 5.91 Å². The summed E-state index contributed by atoms with van der Waals surface area (Å²) in [5.74, 6) is -0.311. The van der Waals surface area contributed by atoms with E-state index in [1.165, 1.54) is 5.56 Å². The van der Waals surface area contributed by atoms with Gasteiger partial charge in [0.25, 0.3) is 0 Å². The van der Waals surface area contributed by atoms with Crippen LogP contribution in [-0.4, -0.2) is 42.5 Å². The van der Waals surface area contributed by atoms with Crippen LogP contribution < -0.4 is 17.7 Å². The average molecular weight is 416 g/mol. The van der Waals surface area contributed by atoms with Gasteiger partial charge < -0.3 is 22.5 Å². The van der Waals surface area contributed by atoms with Crippen molar-refractivity contribution in [3.8, 4) is 0 Å². The largest absolute Gasteiger partial charge is 1.00 e. The summed E-state index contributed by atoms with van der Waals surface area (Å²) < 4.78 is 5.38. The predicted octanol–water partition coefficient (Wildman–Crippen LogP) is 0.876. The Morgan fingerprint density at radius 2 is 1.76 bits per heavy atom. The maximum atomic E-state index is 12.9. The van der Waals surface area contributed by atoms with Crippen LogP contribution in [0.25, 0.3) is 0 Å². The maximum absolute atomic E-state index is 12.9. The van der Waals surface area contributed by atoms with Gasteiger partial charge in [-0.15, -0.1) is 0 Å². The second-order valence-corrected chi connectivity index (χ2v) is 7.46. The number of rotatable bonds is 6. The summed E-state index contributed by atoms with van der Waals surface area (Å²) in [6.45, 7) is 7.77. The Labute approximate surface area is 178 Å². The molecule has 1 fully saturated rings. The first kappa shape index (κ1) is 22.9. The van der Waals surface area contributed by atoms with Gasteiger partial charge in [-0.1, -0.05) is 35.9 Å². The Hall–Kier alpha value is -2.37. The van der Waals surface area contributed by atoms with Crippen molar-refractivity contribution >= 4 is 17.6 Å². The second-order valence-electron chi connectivity index (χ2n) is 7.46. The molecule has 1 unspecified atom stereocenters. The van der Waals surface area contributed by atoms with Gasteiger partial charge in [-0.2, -0.15) is 0 Å². The molecule has 1 aliphatic heterocycles. The Morgan fingerprint density at radius 1 is 1.10 bits per heavy atom. The van der Waals surface area contributed by atoms with Crippen molar-refractivity contribution in [3.05, 3.63) is 64.7 Å². The number of hydrogen-bond acceptors (Lipinski definition) is 4. The van der Waals surface area contributed by atoms with Crippen molar-refractivity contribution in [1.29, 1.82) is 0 Å². The number of halogens is 1. The monoisotopic (exact) mass is 415 g/mol. The molecule has 0 saturated carbocycles. The molecule has 0 radical (unpaired) electrons. The summed E-state index contributed by atoms with van der Waals surface area (Å²) in [4.78, 5) is 27.0. The zero-order valence-corrected chi connectivity index (χ0v) is 18.0. The summed E-state index contributed by atoms with van der Waals surface area (Å²) in [6.07, 6.45) is 1.79. The zero-order valence-electron chi connectivity index (χ0n) is 17.2. The number of benzene rings is 2. The lowest BCUT2D eigenvalue weighted by atomic mass is 10.0. The highest BCUT2D eigenvalue weighted by Gasteiger charge is 2.31. The summed E-state index contributed by atoms with van der Waals surface area (Å²) in [5.41, 5.74) is 4.79. The minimum absolute atomic E-state index is 0. The molecular formula is C23H28ClN2O3-. The first-order chi connectivity index (χ1) is 13.5. The summed E-state index contributed by atoms with van der Waals surface area (Å²) in [6, 6.07) is 12.9. The van der Waals surface area contributed by atoms with E-state index in [4.69, 9.17) is 4.74 Å². The van der Waals surface area contributed by atoms with E-state index in [0.717, 1.165) is 36.2 Å². The lowest BCUT2D eigenvalue weighted by Crippen LogP contribution is -3.00. The Balaban J connectivity index is 0.00000300. The van der Waals surface area contributed by atoms with Crippen LogP contribution >= 0.6 is 0 Å².